The first-order valence-electron chi connectivity index (χ1n) is 9.01. The van der Waals surface area contributed by atoms with E-state index < -0.39 is 48.4 Å². The van der Waals surface area contributed by atoms with Crippen molar-refractivity contribution in [3.05, 3.63) is 22.4 Å². The van der Waals surface area contributed by atoms with Crippen LogP contribution in [0.25, 0.3) is 0 Å². The Balaban J connectivity index is 1.50. The number of hydrogen-bond donors (Lipinski definition) is 2. The molecule has 1 aromatic rings. The molecule has 1 spiro atoms. The second-order valence-electron chi connectivity index (χ2n) is 6.95. The minimum absolute atomic E-state index is 0.0206. The molecule has 10 heteroatoms. The molecule has 1 aliphatic carbocycles. The highest BCUT2D eigenvalue weighted by molar-refractivity contribution is 7.12. The molecule has 2 fully saturated rings. The number of carbonyl (C=O) groups is 5. The molecule has 1 aliphatic heterocycles. The summed E-state index contributed by atoms with van der Waals surface area (Å²) in [4.78, 5) is 61.7. The van der Waals surface area contributed by atoms with Crippen molar-refractivity contribution in [3.8, 4) is 0 Å². The third kappa shape index (κ3) is 3.91. The Morgan fingerprint density at radius 2 is 2.14 bits per heavy atom. The summed E-state index contributed by atoms with van der Waals surface area (Å²) in [6.07, 6.45) is 3.18. The van der Waals surface area contributed by atoms with Gasteiger partial charge in [-0.05, 0) is 30.2 Å². The average molecular weight is 407 g/mol. The minimum Gasteiger partial charge on any atom is -0.454 e. The maximum absolute atomic E-state index is 12.8. The zero-order valence-corrected chi connectivity index (χ0v) is 16.2. The molecule has 1 saturated heterocycles. The second kappa shape index (κ2) is 8.09. The van der Waals surface area contributed by atoms with Gasteiger partial charge in [-0.2, -0.15) is 0 Å². The van der Waals surface area contributed by atoms with Crippen molar-refractivity contribution >= 4 is 41.1 Å². The first-order valence-corrected chi connectivity index (χ1v) is 9.89. The largest absolute Gasteiger partial charge is 0.454 e. The van der Waals surface area contributed by atoms with Crippen molar-refractivity contribution in [2.24, 2.45) is 5.92 Å². The molecular formula is C18H21N3O6S. The Morgan fingerprint density at radius 1 is 1.36 bits per heavy atom. The Hall–Kier alpha value is -2.75. The molecule has 0 radical (unpaired) electrons. The number of hydrogen-bond acceptors (Lipinski definition) is 7. The highest BCUT2D eigenvalue weighted by Gasteiger charge is 2.55. The molecule has 1 aromatic heterocycles. The normalized spacial score (nSPS) is 24.2. The van der Waals surface area contributed by atoms with Crippen LogP contribution in [0.3, 0.4) is 0 Å². The average Bonchev–Trinajstić information content (AvgIpc) is 3.27. The molecule has 9 nitrogen and oxygen atoms in total. The van der Waals surface area contributed by atoms with Gasteiger partial charge in [0, 0.05) is 0 Å². The molecule has 0 bridgehead atoms. The monoisotopic (exact) mass is 407 g/mol. The van der Waals surface area contributed by atoms with Gasteiger partial charge in [-0.25, -0.2) is 4.79 Å². The molecule has 0 aromatic carbocycles. The number of amides is 5. The lowest BCUT2D eigenvalue weighted by atomic mass is 9.73. The Morgan fingerprint density at radius 3 is 2.82 bits per heavy atom. The molecule has 150 valence electrons. The number of carbonyl (C=O) groups excluding carboxylic acids is 5. The van der Waals surface area contributed by atoms with Gasteiger partial charge >= 0.3 is 12.0 Å². The highest BCUT2D eigenvalue weighted by atomic mass is 32.1. The molecular weight excluding hydrogens is 386 g/mol. The van der Waals surface area contributed by atoms with Crippen LogP contribution in [-0.2, 0) is 19.1 Å². The van der Waals surface area contributed by atoms with E-state index in [0.717, 1.165) is 24.2 Å². The van der Waals surface area contributed by atoms with Gasteiger partial charge in [0.15, 0.2) is 6.61 Å². The Labute approximate surface area is 165 Å². The summed E-state index contributed by atoms with van der Waals surface area (Å²) in [6, 6.07) is 2.59. The SMILES string of the molecule is C[C@@H]1CCCC[C@@]12NC(=O)N(CC(=O)OCC(=O)NC(=O)c1cccs1)C2=O. The van der Waals surface area contributed by atoms with E-state index in [1.165, 1.54) is 11.3 Å². The number of nitrogens with zero attached hydrogens (tertiary/aromatic N) is 1. The molecule has 3 rings (SSSR count). The number of thiophene rings is 1. The first-order chi connectivity index (χ1) is 13.3. The van der Waals surface area contributed by atoms with E-state index in [4.69, 9.17) is 4.74 Å². The summed E-state index contributed by atoms with van der Waals surface area (Å²) in [5, 5.41) is 6.53. The lowest BCUT2D eigenvalue weighted by molar-refractivity contribution is -0.151. The number of ether oxygens (including phenoxy) is 1. The summed E-state index contributed by atoms with van der Waals surface area (Å²) in [5.41, 5.74) is -0.958. The molecule has 2 heterocycles. The first kappa shape index (κ1) is 20.0. The van der Waals surface area contributed by atoms with E-state index in [0.29, 0.717) is 11.3 Å². The van der Waals surface area contributed by atoms with Crippen molar-refractivity contribution in [1.82, 2.24) is 15.5 Å². The van der Waals surface area contributed by atoms with Crippen LogP contribution in [-0.4, -0.2) is 53.3 Å². The smallest absolute Gasteiger partial charge is 0.326 e. The fourth-order valence-corrected chi connectivity index (χ4v) is 4.21. The van der Waals surface area contributed by atoms with Crippen LogP contribution in [0.5, 0.6) is 0 Å². The van der Waals surface area contributed by atoms with Crippen LogP contribution < -0.4 is 10.6 Å². The second-order valence-corrected chi connectivity index (χ2v) is 7.90. The van der Waals surface area contributed by atoms with Crippen molar-refractivity contribution in [2.75, 3.05) is 13.2 Å². The molecule has 2 aliphatic rings. The molecule has 5 amide bonds. The highest BCUT2D eigenvalue weighted by Crippen LogP contribution is 2.38. The van der Waals surface area contributed by atoms with Gasteiger partial charge in [0.2, 0.25) is 0 Å². The predicted octanol–water partition coefficient (Wildman–Crippen LogP) is 1.05. The lowest BCUT2D eigenvalue weighted by Gasteiger charge is -2.36. The van der Waals surface area contributed by atoms with Gasteiger partial charge in [0.05, 0.1) is 4.88 Å². The summed E-state index contributed by atoms with van der Waals surface area (Å²) in [7, 11) is 0. The molecule has 2 N–H and O–H groups in total. The van der Waals surface area contributed by atoms with Crippen LogP contribution in [0.4, 0.5) is 4.79 Å². The zero-order chi connectivity index (χ0) is 20.3. The number of urea groups is 1. The van der Waals surface area contributed by atoms with E-state index in [9.17, 15) is 24.0 Å². The minimum atomic E-state index is -0.958. The van der Waals surface area contributed by atoms with Crippen molar-refractivity contribution in [1.29, 1.82) is 0 Å². The third-order valence-corrected chi connectivity index (χ3v) is 6.02. The summed E-state index contributed by atoms with van der Waals surface area (Å²) >= 11 is 1.17. The van der Waals surface area contributed by atoms with Crippen LogP contribution in [0, 0.1) is 5.92 Å². The van der Waals surface area contributed by atoms with E-state index in [2.05, 4.69) is 10.6 Å². The zero-order valence-electron chi connectivity index (χ0n) is 15.4. The van der Waals surface area contributed by atoms with Crippen LogP contribution in [0.15, 0.2) is 17.5 Å². The third-order valence-electron chi connectivity index (χ3n) is 5.15. The molecule has 2 atom stereocenters. The van der Waals surface area contributed by atoms with E-state index in [-0.39, 0.29) is 5.92 Å². The van der Waals surface area contributed by atoms with Gasteiger partial charge in [0.1, 0.15) is 12.1 Å². The van der Waals surface area contributed by atoms with E-state index >= 15 is 0 Å². The summed E-state index contributed by atoms with van der Waals surface area (Å²) in [6.45, 7) is 0.653. The molecule has 0 unspecified atom stereocenters. The van der Waals surface area contributed by atoms with Crippen molar-refractivity contribution in [3.63, 3.8) is 0 Å². The number of rotatable bonds is 5. The van der Waals surface area contributed by atoms with Gasteiger partial charge < -0.3 is 10.1 Å². The molecule has 28 heavy (non-hydrogen) atoms. The van der Waals surface area contributed by atoms with Crippen LogP contribution in [0.1, 0.15) is 42.3 Å². The quantitative estimate of drug-likeness (QED) is 0.556. The van der Waals surface area contributed by atoms with Crippen molar-refractivity contribution < 1.29 is 28.7 Å². The van der Waals surface area contributed by atoms with Crippen molar-refractivity contribution in [2.45, 2.75) is 38.1 Å². The lowest BCUT2D eigenvalue weighted by Crippen LogP contribution is -2.54. The van der Waals surface area contributed by atoms with Crippen LogP contribution >= 0.6 is 11.3 Å². The van der Waals surface area contributed by atoms with E-state index in [1.54, 1.807) is 17.5 Å². The maximum atomic E-state index is 12.8. The number of esters is 1. The van der Waals surface area contributed by atoms with Gasteiger partial charge in [0.25, 0.3) is 17.7 Å². The van der Waals surface area contributed by atoms with Crippen LogP contribution in [0.2, 0.25) is 0 Å². The fourth-order valence-electron chi connectivity index (χ4n) is 3.59. The van der Waals surface area contributed by atoms with Gasteiger partial charge in [-0.15, -0.1) is 11.3 Å². The number of imide groups is 2. The predicted molar refractivity (Wildman–Crippen MR) is 98.4 cm³/mol. The summed E-state index contributed by atoms with van der Waals surface area (Å²) in [5.74, 6) is -2.73. The standard InChI is InChI=1S/C18H21N3O6S/c1-11-5-2-3-7-18(11)16(25)21(17(26)20-18)9-14(23)27-10-13(22)19-15(24)12-6-4-8-28-12/h4,6,8,11H,2-3,5,7,9-10H2,1H3,(H,20,26)(H,19,22,24)/t11-,18-/m1/s1. The molecule has 1 saturated carbocycles. The van der Waals surface area contributed by atoms with E-state index in [1.807, 2.05) is 6.92 Å². The van der Waals surface area contributed by atoms with Gasteiger partial charge in [-0.3, -0.25) is 29.4 Å². The summed E-state index contributed by atoms with van der Waals surface area (Å²) < 4.78 is 4.81. The number of nitrogens with one attached hydrogen (secondary N) is 2. The maximum Gasteiger partial charge on any atom is 0.326 e. The topological polar surface area (TPSA) is 122 Å². The fraction of sp³-hybridized carbons (Fsp3) is 0.500. The Bertz CT molecular complexity index is 808. The Kier molecular flexibility index (Phi) is 5.78. The van der Waals surface area contributed by atoms with Gasteiger partial charge in [-0.1, -0.05) is 25.8 Å².